The summed E-state index contributed by atoms with van der Waals surface area (Å²) in [6.45, 7) is 6.20. The molecule has 1 aromatic carbocycles. The van der Waals surface area contributed by atoms with Gasteiger partial charge in [0.25, 0.3) is 0 Å². The van der Waals surface area contributed by atoms with Gasteiger partial charge in [-0.3, -0.25) is 14.5 Å². The number of likely N-dealkylation sites (tertiary alicyclic amines) is 1. The Morgan fingerprint density at radius 2 is 1.90 bits per heavy atom. The van der Waals surface area contributed by atoms with Gasteiger partial charge in [-0.2, -0.15) is 0 Å². The molecular formula is C30H46N5O5+. The Bertz CT molecular complexity index is 1120. The Labute approximate surface area is 238 Å². The van der Waals surface area contributed by atoms with Crippen LogP contribution in [0.15, 0.2) is 36.9 Å². The van der Waals surface area contributed by atoms with Crippen LogP contribution in [0, 0.1) is 5.92 Å². The van der Waals surface area contributed by atoms with Gasteiger partial charge >= 0.3 is 5.97 Å². The Kier molecular flexibility index (Phi) is 10.1. The van der Waals surface area contributed by atoms with E-state index >= 15 is 0 Å². The quantitative estimate of drug-likeness (QED) is 0.266. The van der Waals surface area contributed by atoms with Crippen molar-refractivity contribution in [1.29, 1.82) is 0 Å². The lowest BCUT2D eigenvalue weighted by atomic mass is 9.84. The number of ether oxygens (including phenoxy) is 2. The molecule has 0 bridgehead atoms. The molecule has 0 saturated carbocycles. The minimum atomic E-state index is -0.837. The van der Waals surface area contributed by atoms with Gasteiger partial charge in [-0.25, -0.2) is 4.98 Å². The number of aromatic nitrogens is 2. The summed E-state index contributed by atoms with van der Waals surface area (Å²) in [5.41, 5.74) is 0.905. The smallest absolute Gasteiger partial charge is 0.308 e. The molecule has 0 aliphatic carbocycles. The molecule has 10 nitrogen and oxygen atoms in total. The van der Waals surface area contributed by atoms with Crippen molar-refractivity contribution in [1.82, 2.24) is 19.4 Å². The summed E-state index contributed by atoms with van der Waals surface area (Å²) in [7, 11) is 6.56. The normalized spacial score (nSPS) is 20.6. The van der Waals surface area contributed by atoms with Crippen molar-refractivity contribution in [2.45, 2.75) is 57.5 Å². The van der Waals surface area contributed by atoms with Crippen molar-refractivity contribution in [3.63, 3.8) is 0 Å². The molecule has 3 unspecified atom stereocenters. The van der Waals surface area contributed by atoms with Crippen LogP contribution in [0.5, 0.6) is 11.5 Å². The van der Waals surface area contributed by atoms with Gasteiger partial charge in [-0.1, -0.05) is 19.4 Å². The summed E-state index contributed by atoms with van der Waals surface area (Å²) in [5, 5.41) is 10.5. The number of aliphatic carboxylic acids is 1. The number of unbranched alkanes of at least 4 members (excludes halogenated alkanes) is 2. The van der Waals surface area contributed by atoms with Crippen LogP contribution < -0.4 is 9.47 Å². The number of imidazole rings is 1. The second-order valence-corrected chi connectivity index (χ2v) is 12.1. The van der Waals surface area contributed by atoms with E-state index in [-0.39, 0.29) is 31.2 Å². The molecule has 0 spiro atoms. The molecule has 1 N–H and O–H groups in total. The predicted octanol–water partition coefficient (Wildman–Crippen LogP) is 3.29. The summed E-state index contributed by atoms with van der Waals surface area (Å²) in [5.74, 6) is -0.343. The second-order valence-electron chi connectivity index (χ2n) is 12.1. The van der Waals surface area contributed by atoms with Crippen molar-refractivity contribution in [2.75, 3.05) is 60.7 Å². The Hall–Kier alpha value is -3.11. The predicted molar refractivity (Wildman–Crippen MR) is 152 cm³/mol. The van der Waals surface area contributed by atoms with Crippen LogP contribution in [0.2, 0.25) is 0 Å². The summed E-state index contributed by atoms with van der Waals surface area (Å²) < 4.78 is 13.9. The monoisotopic (exact) mass is 556 g/mol. The topological polar surface area (TPSA) is 97.1 Å². The number of carboxylic acids is 1. The molecule has 1 aromatic heterocycles. The van der Waals surface area contributed by atoms with Gasteiger partial charge in [-0.15, -0.1) is 0 Å². The fourth-order valence-corrected chi connectivity index (χ4v) is 5.91. The maximum atomic E-state index is 13.7. The van der Waals surface area contributed by atoms with Crippen LogP contribution in [0.3, 0.4) is 0 Å². The van der Waals surface area contributed by atoms with Gasteiger partial charge < -0.3 is 28.5 Å². The molecule has 3 atom stereocenters. The number of carbonyl (C=O) groups excluding carboxylic acids is 1. The van der Waals surface area contributed by atoms with E-state index in [4.69, 9.17) is 9.47 Å². The fourth-order valence-electron chi connectivity index (χ4n) is 5.91. The molecular weight excluding hydrogens is 510 g/mol. The van der Waals surface area contributed by atoms with Crippen molar-refractivity contribution in [3.8, 4) is 11.5 Å². The maximum Gasteiger partial charge on any atom is 0.308 e. The molecule has 220 valence electrons. The highest BCUT2D eigenvalue weighted by Gasteiger charge is 2.47. The van der Waals surface area contributed by atoms with Gasteiger partial charge in [0.15, 0.2) is 11.5 Å². The van der Waals surface area contributed by atoms with Gasteiger partial charge in [0.1, 0.15) is 0 Å². The van der Waals surface area contributed by atoms with Crippen LogP contribution in [-0.2, 0) is 16.1 Å². The van der Waals surface area contributed by atoms with E-state index in [1.807, 2.05) is 33.9 Å². The molecule has 10 heteroatoms. The molecule has 40 heavy (non-hydrogen) atoms. The Morgan fingerprint density at radius 3 is 2.60 bits per heavy atom. The fraction of sp³-hybridized carbons (Fsp3) is 0.633. The molecule has 2 aromatic rings. The third kappa shape index (κ3) is 7.75. The Morgan fingerprint density at radius 1 is 1.12 bits per heavy atom. The molecule has 1 fully saturated rings. The molecule has 0 radical (unpaired) electrons. The second kappa shape index (κ2) is 13.5. The zero-order valence-corrected chi connectivity index (χ0v) is 24.5. The lowest BCUT2D eigenvalue weighted by Gasteiger charge is -2.30. The lowest BCUT2D eigenvalue weighted by molar-refractivity contribution is -0.870. The number of hydrogen-bond donors (Lipinski definition) is 1. The number of carbonyl (C=O) groups is 2. The average molecular weight is 557 g/mol. The highest BCUT2D eigenvalue weighted by molar-refractivity contribution is 5.79. The van der Waals surface area contributed by atoms with E-state index < -0.39 is 11.9 Å². The van der Waals surface area contributed by atoms with Crippen molar-refractivity contribution >= 4 is 11.9 Å². The number of aryl methyl sites for hydroxylation is 1. The summed E-state index contributed by atoms with van der Waals surface area (Å²) in [4.78, 5) is 34.7. The number of carboxylic acid groups (broad SMARTS) is 1. The molecule has 1 saturated heterocycles. The van der Waals surface area contributed by atoms with Gasteiger partial charge in [0, 0.05) is 50.5 Å². The lowest BCUT2D eigenvalue weighted by Crippen LogP contribution is -2.45. The number of fused-ring (bicyclic) bond motifs is 1. The van der Waals surface area contributed by atoms with Crippen molar-refractivity contribution in [2.24, 2.45) is 5.92 Å². The van der Waals surface area contributed by atoms with Crippen LogP contribution >= 0.6 is 0 Å². The highest BCUT2D eigenvalue weighted by atomic mass is 16.7. The summed E-state index contributed by atoms with van der Waals surface area (Å²) in [6, 6.07) is 5.41. The van der Waals surface area contributed by atoms with Crippen LogP contribution in [0.1, 0.15) is 50.5 Å². The molecule has 3 heterocycles. The van der Waals surface area contributed by atoms with Gasteiger partial charge in [-0.05, 0) is 43.4 Å². The number of rotatable bonds is 15. The van der Waals surface area contributed by atoms with Gasteiger partial charge in [0.2, 0.25) is 12.7 Å². The van der Waals surface area contributed by atoms with Crippen molar-refractivity contribution in [3.05, 3.63) is 42.5 Å². The van der Waals surface area contributed by atoms with E-state index in [1.165, 1.54) is 0 Å². The van der Waals surface area contributed by atoms with E-state index in [0.717, 1.165) is 55.4 Å². The maximum absolute atomic E-state index is 13.7. The van der Waals surface area contributed by atoms with E-state index in [2.05, 4.69) is 38.0 Å². The first-order chi connectivity index (χ1) is 19.2. The molecule has 2 aliphatic rings. The largest absolute Gasteiger partial charge is 0.481 e. The highest BCUT2D eigenvalue weighted by Crippen LogP contribution is 2.42. The number of quaternary nitrogens is 1. The first-order valence-electron chi connectivity index (χ1n) is 14.6. The van der Waals surface area contributed by atoms with Crippen LogP contribution in [0.4, 0.5) is 0 Å². The van der Waals surface area contributed by atoms with Gasteiger partial charge in [0.05, 0.1) is 46.5 Å². The van der Waals surface area contributed by atoms with E-state index in [0.29, 0.717) is 31.0 Å². The SMILES string of the molecule is CCCCN(CCCC[N+](C)(C)C)C(=O)CN1CC(c2ccc3c(c2)OCO3)C(C(=O)O)C1CCn1ccnc1. The third-order valence-corrected chi connectivity index (χ3v) is 8.08. The summed E-state index contributed by atoms with van der Waals surface area (Å²) >= 11 is 0. The Balaban J connectivity index is 1.52. The molecule has 1 amide bonds. The number of hydrogen-bond acceptors (Lipinski definition) is 6. The molecule has 2 aliphatic heterocycles. The minimum Gasteiger partial charge on any atom is -0.481 e. The number of nitrogens with zero attached hydrogens (tertiary/aromatic N) is 5. The first-order valence-corrected chi connectivity index (χ1v) is 14.6. The number of benzene rings is 1. The van der Waals surface area contributed by atoms with Crippen LogP contribution in [-0.4, -0.2) is 108 Å². The zero-order valence-electron chi connectivity index (χ0n) is 24.5. The summed E-state index contributed by atoms with van der Waals surface area (Å²) in [6.07, 6.45) is 9.98. The van der Waals surface area contributed by atoms with Crippen molar-refractivity contribution < 1.29 is 28.7 Å². The van der Waals surface area contributed by atoms with Crippen LogP contribution in [0.25, 0.3) is 0 Å². The molecule has 4 rings (SSSR count). The minimum absolute atomic E-state index is 0.0850. The number of amides is 1. The third-order valence-electron chi connectivity index (χ3n) is 8.08. The van der Waals surface area contributed by atoms with E-state index in [1.54, 1.807) is 12.5 Å². The standard InChI is InChI=1S/C30H45N5O5/c1-5-6-13-33(14-7-8-17-35(2,3)4)28(36)20-34-19-24(23-9-10-26-27(18-23)40-22-39-26)29(30(37)38)25(34)11-15-32-16-12-31-21-32/h9-10,12,16,18,21,24-25,29H,5-8,11,13-15,17,19-20,22H2,1-4H3/p+1. The zero-order chi connectivity index (χ0) is 28.7. The first kappa shape index (κ1) is 29.9. The average Bonchev–Trinajstić information content (AvgIpc) is 3.66. The van der Waals surface area contributed by atoms with E-state index in [9.17, 15) is 14.7 Å².